The Kier molecular flexibility index (Phi) is 3.87. The molecule has 1 unspecified atom stereocenters. The van der Waals surface area contributed by atoms with Gasteiger partial charge in [0.15, 0.2) is 0 Å². The third-order valence-corrected chi connectivity index (χ3v) is 4.44. The van der Waals surface area contributed by atoms with E-state index in [1.807, 2.05) is 13.8 Å². The molecule has 1 aliphatic rings. The molecule has 0 aromatic rings. The third kappa shape index (κ3) is 3.35. The topological polar surface area (TPSA) is 46.2 Å². The average molecular weight is 311 g/mol. The van der Waals surface area contributed by atoms with Gasteiger partial charge in [-0.2, -0.15) is 0 Å². The van der Waals surface area contributed by atoms with Crippen LogP contribution in [0.25, 0.3) is 0 Å². The third-order valence-electron chi connectivity index (χ3n) is 3.36. The van der Waals surface area contributed by atoms with Crippen molar-refractivity contribution in [1.82, 2.24) is 0 Å². The minimum atomic E-state index is -0.253. The first kappa shape index (κ1) is 12.7. The molecule has 14 heavy (non-hydrogen) atoms. The monoisotopic (exact) mass is 311 g/mol. The second-order valence-corrected chi connectivity index (χ2v) is 8.09. The quantitative estimate of drug-likeness (QED) is 0.444. The Morgan fingerprint density at radius 1 is 1.36 bits per heavy atom. The highest BCUT2D eigenvalue weighted by Gasteiger charge is 2.37. The van der Waals surface area contributed by atoms with E-state index in [0.29, 0.717) is 3.42 Å². The molecule has 0 aromatic carbocycles. The van der Waals surface area contributed by atoms with Crippen LogP contribution in [0.5, 0.6) is 0 Å². The first-order valence-electron chi connectivity index (χ1n) is 5.38. The summed E-state index contributed by atoms with van der Waals surface area (Å²) in [4.78, 5) is 0. The van der Waals surface area contributed by atoms with Crippen molar-refractivity contribution in [2.75, 3.05) is 0 Å². The number of hydrogen-bond donors (Lipinski definition) is 2. The Bertz CT molecular complexity index is 198. The number of rotatable bonds is 1. The van der Waals surface area contributed by atoms with Crippen molar-refractivity contribution >= 4 is 22.6 Å². The van der Waals surface area contributed by atoms with E-state index in [0.717, 1.165) is 25.7 Å². The van der Waals surface area contributed by atoms with Crippen molar-refractivity contribution < 1.29 is 5.11 Å². The Balaban J connectivity index is 2.70. The molecule has 1 saturated carbocycles. The van der Waals surface area contributed by atoms with Gasteiger partial charge < -0.3 is 10.8 Å². The summed E-state index contributed by atoms with van der Waals surface area (Å²) in [5.74, 6) is 0.249. The highest BCUT2D eigenvalue weighted by Crippen LogP contribution is 2.39. The normalized spacial score (nSPS) is 40.7. The van der Waals surface area contributed by atoms with E-state index >= 15 is 0 Å². The average Bonchev–Trinajstić information content (AvgIpc) is 2.09. The Labute approximate surface area is 101 Å². The van der Waals surface area contributed by atoms with Crippen LogP contribution in [0.3, 0.4) is 0 Å². The molecule has 0 aliphatic heterocycles. The lowest BCUT2D eigenvalue weighted by Crippen LogP contribution is -2.46. The van der Waals surface area contributed by atoms with Gasteiger partial charge in [0.1, 0.15) is 0 Å². The van der Waals surface area contributed by atoms with E-state index in [2.05, 4.69) is 29.5 Å². The van der Waals surface area contributed by atoms with Crippen LogP contribution < -0.4 is 5.73 Å². The first-order chi connectivity index (χ1) is 6.22. The maximum absolute atomic E-state index is 10.0. The van der Waals surface area contributed by atoms with Crippen LogP contribution >= 0.6 is 22.6 Å². The smallest absolute Gasteiger partial charge is 0.0586 e. The molecular formula is C11H22INO. The number of aliphatic hydroxyl groups is 1. The Morgan fingerprint density at radius 2 is 1.86 bits per heavy atom. The Morgan fingerprint density at radius 3 is 2.36 bits per heavy atom. The van der Waals surface area contributed by atoms with E-state index in [-0.39, 0.29) is 17.6 Å². The van der Waals surface area contributed by atoms with Crippen molar-refractivity contribution in [3.8, 4) is 0 Å². The maximum atomic E-state index is 10.0. The predicted molar refractivity (Wildman–Crippen MR) is 68.7 cm³/mol. The summed E-state index contributed by atoms with van der Waals surface area (Å²) in [6, 6.07) is 0. The van der Waals surface area contributed by atoms with E-state index in [9.17, 15) is 5.11 Å². The van der Waals surface area contributed by atoms with Crippen molar-refractivity contribution in [2.45, 2.75) is 61.5 Å². The standard InChI is InChI=1S/C11H22INO/c1-10(2,13)8-4-6-11(3,12)7-5-9(8)14/h8-9,14H,4-7,13H2,1-3H3/t8-,9+,11?/m0/s1. The van der Waals surface area contributed by atoms with Crippen LogP contribution in [-0.4, -0.2) is 20.2 Å². The molecule has 0 heterocycles. The molecule has 1 aliphatic carbocycles. The largest absolute Gasteiger partial charge is 0.393 e. The molecular weight excluding hydrogens is 289 g/mol. The molecule has 0 spiro atoms. The van der Waals surface area contributed by atoms with Crippen LogP contribution in [0.4, 0.5) is 0 Å². The zero-order valence-corrected chi connectivity index (χ0v) is 11.5. The fourth-order valence-corrected chi connectivity index (χ4v) is 2.91. The summed E-state index contributed by atoms with van der Waals surface area (Å²) in [5, 5.41) is 10.0. The molecule has 3 heteroatoms. The summed E-state index contributed by atoms with van der Waals surface area (Å²) >= 11 is 2.51. The molecule has 0 radical (unpaired) electrons. The lowest BCUT2D eigenvalue weighted by atomic mass is 9.81. The number of nitrogens with two attached hydrogens (primary N) is 1. The molecule has 0 amide bonds. The zero-order valence-electron chi connectivity index (χ0n) is 9.39. The molecule has 3 N–H and O–H groups in total. The van der Waals surface area contributed by atoms with Gasteiger partial charge in [-0.15, -0.1) is 0 Å². The highest BCUT2D eigenvalue weighted by atomic mass is 127. The minimum Gasteiger partial charge on any atom is -0.393 e. The van der Waals surface area contributed by atoms with Crippen molar-refractivity contribution in [1.29, 1.82) is 0 Å². The Hall–Kier alpha value is 0.650. The van der Waals surface area contributed by atoms with Crippen LogP contribution in [-0.2, 0) is 0 Å². The summed E-state index contributed by atoms with van der Waals surface area (Å²) in [7, 11) is 0. The fourth-order valence-electron chi connectivity index (χ4n) is 2.29. The van der Waals surface area contributed by atoms with Gasteiger partial charge in [0.2, 0.25) is 0 Å². The maximum Gasteiger partial charge on any atom is 0.0586 e. The summed E-state index contributed by atoms with van der Waals surface area (Å²) < 4.78 is 0.346. The second kappa shape index (κ2) is 4.26. The van der Waals surface area contributed by atoms with Crippen molar-refractivity contribution in [2.24, 2.45) is 11.7 Å². The minimum absolute atomic E-state index is 0.216. The van der Waals surface area contributed by atoms with Gasteiger partial charge in [0.05, 0.1) is 6.10 Å². The highest BCUT2D eigenvalue weighted by molar-refractivity contribution is 14.1. The molecule has 1 rings (SSSR count). The number of halogens is 1. The van der Waals surface area contributed by atoms with Gasteiger partial charge in [-0.05, 0) is 39.5 Å². The zero-order chi connectivity index (χ0) is 11.0. The summed E-state index contributed by atoms with van der Waals surface area (Å²) in [6.07, 6.45) is 3.98. The van der Waals surface area contributed by atoms with Gasteiger partial charge in [0.25, 0.3) is 0 Å². The second-order valence-electron chi connectivity index (χ2n) is 5.49. The van der Waals surface area contributed by atoms with Crippen LogP contribution in [0.2, 0.25) is 0 Å². The van der Waals surface area contributed by atoms with Gasteiger partial charge in [0, 0.05) is 14.9 Å². The van der Waals surface area contributed by atoms with E-state index in [4.69, 9.17) is 5.73 Å². The fraction of sp³-hybridized carbons (Fsp3) is 1.00. The molecule has 3 atom stereocenters. The SMILES string of the molecule is CC1(I)CC[C@@H](O)[C@@H](C(C)(C)N)CC1. The lowest BCUT2D eigenvalue weighted by Gasteiger charge is -2.33. The van der Waals surface area contributed by atoms with Gasteiger partial charge in [-0.25, -0.2) is 0 Å². The molecule has 0 bridgehead atoms. The summed E-state index contributed by atoms with van der Waals surface area (Å²) in [6.45, 7) is 6.32. The van der Waals surface area contributed by atoms with Crippen LogP contribution in [0, 0.1) is 5.92 Å². The van der Waals surface area contributed by atoms with Gasteiger partial charge in [-0.1, -0.05) is 29.5 Å². The molecule has 0 saturated heterocycles. The van der Waals surface area contributed by atoms with Crippen LogP contribution in [0.15, 0.2) is 0 Å². The summed E-state index contributed by atoms with van der Waals surface area (Å²) in [5.41, 5.74) is 5.84. The molecule has 0 aromatic heterocycles. The van der Waals surface area contributed by atoms with Crippen LogP contribution in [0.1, 0.15) is 46.5 Å². The van der Waals surface area contributed by atoms with Crippen molar-refractivity contribution in [3.05, 3.63) is 0 Å². The number of aliphatic hydroxyl groups excluding tert-OH is 1. The van der Waals surface area contributed by atoms with E-state index in [1.54, 1.807) is 0 Å². The molecule has 84 valence electrons. The number of alkyl halides is 1. The van der Waals surface area contributed by atoms with Crippen molar-refractivity contribution in [3.63, 3.8) is 0 Å². The van der Waals surface area contributed by atoms with E-state index < -0.39 is 0 Å². The predicted octanol–water partition coefficient (Wildman–Crippen LogP) is 2.47. The van der Waals surface area contributed by atoms with E-state index in [1.165, 1.54) is 0 Å². The number of hydrogen-bond acceptors (Lipinski definition) is 2. The lowest BCUT2D eigenvalue weighted by molar-refractivity contribution is 0.0639. The first-order valence-corrected chi connectivity index (χ1v) is 6.46. The van der Waals surface area contributed by atoms with Gasteiger partial charge >= 0.3 is 0 Å². The van der Waals surface area contributed by atoms with Gasteiger partial charge in [-0.3, -0.25) is 0 Å². The molecule has 2 nitrogen and oxygen atoms in total. The molecule has 1 fully saturated rings.